The van der Waals surface area contributed by atoms with Crippen LogP contribution >= 0.6 is 0 Å². The lowest BCUT2D eigenvalue weighted by Gasteiger charge is -2.24. The highest BCUT2D eigenvalue weighted by molar-refractivity contribution is 5.80. The van der Waals surface area contributed by atoms with Crippen LogP contribution in [0.25, 0.3) is 0 Å². The third-order valence-corrected chi connectivity index (χ3v) is 5.62. The van der Waals surface area contributed by atoms with E-state index in [1.165, 1.54) is 49.8 Å². The molecular weight excluding hydrogens is 324 g/mol. The Balaban J connectivity index is 1.47. The highest BCUT2D eigenvalue weighted by Gasteiger charge is 2.30. The third-order valence-electron chi connectivity index (χ3n) is 5.62. The van der Waals surface area contributed by atoms with E-state index in [0.29, 0.717) is 12.6 Å². The van der Waals surface area contributed by atoms with Gasteiger partial charge in [-0.05, 0) is 50.3 Å². The average Bonchev–Trinajstić information content (AvgIpc) is 3.32. The van der Waals surface area contributed by atoms with Crippen molar-refractivity contribution in [3.8, 4) is 5.75 Å². The number of benzene rings is 1. The van der Waals surface area contributed by atoms with Crippen molar-refractivity contribution in [3.05, 3.63) is 29.3 Å². The van der Waals surface area contributed by atoms with Crippen molar-refractivity contribution < 1.29 is 4.74 Å². The summed E-state index contributed by atoms with van der Waals surface area (Å²) in [5.41, 5.74) is 2.42. The number of guanidine groups is 1. The zero-order valence-corrected chi connectivity index (χ0v) is 16.6. The van der Waals surface area contributed by atoms with E-state index in [0.717, 1.165) is 30.8 Å². The molecule has 0 aromatic heterocycles. The van der Waals surface area contributed by atoms with Gasteiger partial charge in [0.05, 0.1) is 6.61 Å². The Morgan fingerprint density at radius 1 is 1.27 bits per heavy atom. The summed E-state index contributed by atoms with van der Waals surface area (Å²) in [6, 6.07) is 7.69. The molecule has 0 spiro atoms. The summed E-state index contributed by atoms with van der Waals surface area (Å²) in [6.45, 7) is 7.95. The van der Waals surface area contributed by atoms with Crippen molar-refractivity contribution in [3.63, 3.8) is 0 Å². The monoisotopic (exact) mass is 358 g/mol. The molecule has 144 valence electrons. The fraction of sp³-hybridized carbons (Fsp3) is 0.667. The minimum atomic E-state index is 0.504. The Hall–Kier alpha value is -1.75. The maximum atomic E-state index is 5.62. The first-order valence-corrected chi connectivity index (χ1v) is 10.1. The number of hydrogen-bond donors (Lipinski definition) is 2. The molecule has 0 radical (unpaired) electrons. The van der Waals surface area contributed by atoms with Crippen LogP contribution in [0.3, 0.4) is 0 Å². The van der Waals surface area contributed by atoms with E-state index in [1.54, 1.807) is 0 Å². The van der Waals surface area contributed by atoms with Gasteiger partial charge in [0.1, 0.15) is 5.75 Å². The Morgan fingerprint density at radius 2 is 2.08 bits per heavy atom. The molecule has 0 bridgehead atoms. The molecular formula is C21H34N4O. The van der Waals surface area contributed by atoms with Gasteiger partial charge in [0.2, 0.25) is 0 Å². The summed E-state index contributed by atoms with van der Waals surface area (Å²) in [6.07, 6.45) is 6.79. The van der Waals surface area contributed by atoms with Crippen LogP contribution in [0.1, 0.15) is 50.2 Å². The second-order valence-electron chi connectivity index (χ2n) is 7.52. The number of rotatable bonds is 6. The first-order valence-electron chi connectivity index (χ1n) is 10.1. The summed E-state index contributed by atoms with van der Waals surface area (Å²) in [7, 11) is 1.85. The largest absolute Gasteiger partial charge is 0.494 e. The molecule has 2 aliphatic rings. The SMILES string of the molecule is CCOc1ccc(CNC(=NC)NC2CCN(C3CCCC3)C2)cc1C. The number of nitrogens with zero attached hydrogens (tertiary/aromatic N) is 2. The summed E-state index contributed by atoms with van der Waals surface area (Å²) < 4.78 is 5.62. The molecule has 5 nitrogen and oxygen atoms in total. The molecule has 1 saturated carbocycles. The number of aliphatic imine (C=N–C) groups is 1. The highest BCUT2D eigenvalue weighted by atomic mass is 16.5. The second kappa shape index (κ2) is 9.26. The van der Waals surface area contributed by atoms with Gasteiger partial charge in [0.25, 0.3) is 0 Å². The fourth-order valence-electron chi connectivity index (χ4n) is 4.22. The van der Waals surface area contributed by atoms with Gasteiger partial charge in [-0.3, -0.25) is 9.89 Å². The summed E-state index contributed by atoms with van der Waals surface area (Å²) in [5, 5.41) is 7.06. The first-order chi connectivity index (χ1) is 12.7. The smallest absolute Gasteiger partial charge is 0.191 e. The van der Waals surface area contributed by atoms with E-state index in [-0.39, 0.29) is 0 Å². The number of ether oxygens (including phenoxy) is 1. The predicted molar refractivity (Wildman–Crippen MR) is 108 cm³/mol. The van der Waals surface area contributed by atoms with Crippen molar-refractivity contribution in [2.24, 2.45) is 4.99 Å². The molecule has 1 aromatic rings. The molecule has 0 amide bonds. The Bertz CT molecular complexity index is 610. The van der Waals surface area contributed by atoms with E-state index in [2.05, 4.69) is 45.6 Å². The molecule has 1 saturated heterocycles. The summed E-state index contributed by atoms with van der Waals surface area (Å²) in [5.74, 6) is 1.87. The Kier molecular flexibility index (Phi) is 6.78. The van der Waals surface area contributed by atoms with Crippen LogP contribution < -0.4 is 15.4 Å². The zero-order chi connectivity index (χ0) is 18.4. The lowest BCUT2D eigenvalue weighted by Crippen LogP contribution is -2.45. The van der Waals surface area contributed by atoms with Gasteiger partial charge in [-0.15, -0.1) is 0 Å². The summed E-state index contributed by atoms with van der Waals surface area (Å²) >= 11 is 0. The molecule has 1 aliphatic carbocycles. The maximum absolute atomic E-state index is 5.62. The van der Waals surface area contributed by atoms with Gasteiger partial charge in [0, 0.05) is 38.8 Å². The Morgan fingerprint density at radius 3 is 2.77 bits per heavy atom. The molecule has 1 atom stereocenters. The topological polar surface area (TPSA) is 48.9 Å². The van der Waals surface area contributed by atoms with Gasteiger partial charge in [-0.25, -0.2) is 0 Å². The van der Waals surface area contributed by atoms with E-state index >= 15 is 0 Å². The van der Waals surface area contributed by atoms with Crippen molar-refractivity contribution >= 4 is 5.96 Å². The van der Waals surface area contributed by atoms with Crippen LogP contribution in [0.4, 0.5) is 0 Å². The van der Waals surface area contributed by atoms with Crippen LogP contribution in [-0.4, -0.2) is 49.7 Å². The van der Waals surface area contributed by atoms with Crippen molar-refractivity contribution in [1.29, 1.82) is 0 Å². The van der Waals surface area contributed by atoms with Gasteiger partial charge < -0.3 is 15.4 Å². The van der Waals surface area contributed by atoms with Crippen molar-refractivity contribution in [2.45, 2.75) is 64.6 Å². The minimum absolute atomic E-state index is 0.504. The molecule has 1 unspecified atom stereocenters. The molecule has 3 rings (SSSR count). The fourth-order valence-corrected chi connectivity index (χ4v) is 4.22. The molecule has 1 aliphatic heterocycles. The highest BCUT2D eigenvalue weighted by Crippen LogP contribution is 2.26. The molecule has 1 heterocycles. The normalized spacial score (nSPS) is 22.0. The number of hydrogen-bond acceptors (Lipinski definition) is 3. The van der Waals surface area contributed by atoms with E-state index in [4.69, 9.17) is 4.74 Å². The molecule has 2 N–H and O–H groups in total. The van der Waals surface area contributed by atoms with Crippen LogP contribution in [-0.2, 0) is 6.54 Å². The predicted octanol–water partition coefficient (Wildman–Crippen LogP) is 3.08. The standard InChI is InChI=1S/C21H34N4O/c1-4-26-20-10-9-17(13-16(20)2)14-23-21(22-3)24-18-11-12-25(15-18)19-7-5-6-8-19/h9-10,13,18-19H,4-8,11-12,14-15H2,1-3H3,(H2,22,23,24). The molecule has 26 heavy (non-hydrogen) atoms. The van der Waals surface area contributed by atoms with E-state index in [9.17, 15) is 0 Å². The van der Waals surface area contributed by atoms with Crippen LogP contribution in [0, 0.1) is 6.92 Å². The minimum Gasteiger partial charge on any atom is -0.494 e. The van der Waals surface area contributed by atoms with Crippen molar-refractivity contribution in [2.75, 3.05) is 26.7 Å². The summed E-state index contributed by atoms with van der Waals surface area (Å²) in [4.78, 5) is 7.08. The van der Waals surface area contributed by atoms with Crippen molar-refractivity contribution in [1.82, 2.24) is 15.5 Å². The van der Waals surface area contributed by atoms with Gasteiger partial charge in [-0.2, -0.15) is 0 Å². The van der Waals surface area contributed by atoms with Gasteiger partial charge in [0.15, 0.2) is 5.96 Å². The molecule has 2 fully saturated rings. The zero-order valence-electron chi connectivity index (χ0n) is 16.6. The second-order valence-corrected chi connectivity index (χ2v) is 7.52. The number of aryl methyl sites for hydroxylation is 1. The van der Waals surface area contributed by atoms with Crippen LogP contribution in [0.5, 0.6) is 5.75 Å². The molecule has 5 heteroatoms. The lowest BCUT2D eigenvalue weighted by molar-refractivity contribution is 0.242. The van der Waals surface area contributed by atoms with Crippen LogP contribution in [0.15, 0.2) is 23.2 Å². The quantitative estimate of drug-likeness (QED) is 0.606. The Labute approximate surface area is 158 Å². The van der Waals surface area contributed by atoms with E-state index in [1.807, 2.05) is 14.0 Å². The van der Waals surface area contributed by atoms with Crippen LogP contribution in [0.2, 0.25) is 0 Å². The third kappa shape index (κ3) is 4.91. The maximum Gasteiger partial charge on any atom is 0.191 e. The van der Waals surface area contributed by atoms with Gasteiger partial charge >= 0.3 is 0 Å². The average molecular weight is 359 g/mol. The molecule has 1 aromatic carbocycles. The lowest BCUT2D eigenvalue weighted by atomic mass is 10.1. The van der Waals surface area contributed by atoms with Gasteiger partial charge in [-0.1, -0.05) is 25.0 Å². The number of likely N-dealkylation sites (tertiary alicyclic amines) is 1. The first kappa shape index (κ1) is 19.0. The number of nitrogens with one attached hydrogen (secondary N) is 2. The van der Waals surface area contributed by atoms with E-state index < -0.39 is 0 Å².